The van der Waals surface area contributed by atoms with E-state index in [1.165, 1.54) is 6.42 Å². The van der Waals surface area contributed by atoms with Gasteiger partial charge in [0.25, 0.3) is 0 Å². The summed E-state index contributed by atoms with van der Waals surface area (Å²) in [6.07, 6.45) is 9.25. The van der Waals surface area contributed by atoms with Crippen LogP contribution in [-0.4, -0.2) is 5.43 Å². The summed E-state index contributed by atoms with van der Waals surface area (Å²) < 4.78 is 1.88. The first kappa shape index (κ1) is 18.6. The molecule has 0 aromatic heterocycles. The molecule has 0 aliphatic heterocycles. The first-order valence-electron chi connectivity index (χ1n) is 5.92. The molecule has 0 aromatic rings. The molecule has 0 amide bonds. The van der Waals surface area contributed by atoms with Crippen LogP contribution in [0.4, 0.5) is 0 Å². The standard InChI is InChI=1S/C12H13.C2H6Si.2ClH.Zr/c1-9-7-8-12(10(9)2)11-5-3-4-6-11;1-3-2;;;/h3-5H,6,8H2,1-2H3;1-2H3;2*1H;/q;;;;+2/p-2. The maximum absolute atomic E-state index is 2.49. The molecule has 0 radical (unpaired) electrons. The molecule has 0 N–H and O–H groups in total. The van der Waals surface area contributed by atoms with E-state index in [0.29, 0.717) is 0 Å². The minimum Gasteiger partial charge on any atom is -1.00 e. The molecule has 0 atom stereocenters. The van der Waals surface area contributed by atoms with E-state index < -0.39 is 0 Å². The summed E-state index contributed by atoms with van der Waals surface area (Å²) >= 11 is -0.210. The molecule has 18 heavy (non-hydrogen) atoms. The van der Waals surface area contributed by atoms with Gasteiger partial charge in [-0.1, -0.05) is 0 Å². The summed E-state index contributed by atoms with van der Waals surface area (Å²) in [6.45, 7) is 9.65. The van der Waals surface area contributed by atoms with Gasteiger partial charge >= 0.3 is 111 Å². The van der Waals surface area contributed by atoms with Crippen LogP contribution in [0, 0.1) is 0 Å². The van der Waals surface area contributed by atoms with Crippen molar-refractivity contribution in [2.45, 2.75) is 39.8 Å². The average Bonchev–Trinajstić information content (AvgIpc) is 2.81. The van der Waals surface area contributed by atoms with Crippen LogP contribution in [-0.2, 0) is 21.9 Å². The van der Waals surface area contributed by atoms with Crippen LogP contribution in [0.15, 0.2) is 43.8 Å². The molecule has 0 bridgehead atoms. The second-order valence-electron chi connectivity index (χ2n) is 4.83. The van der Waals surface area contributed by atoms with Crippen LogP contribution in [0.25, 0.3) is 0 Å². The Kier molecular flexibility index (Phi) is 8.33. The van der Waals surface area contributed by atoms with Crippen molar-refractivity contribution in [2.24, 2.45) is 0 Å². The van der Waals surface area contributed by atoms with Gasteiger partial charge in [0, 0.05) is 0 Å². The van der Waals surface area contributed by atoms with Crippen molar-refractivity contribution in [3.63, 3.8) is 0 Å². The van der Waals surface area contributed by atoms with E-state index in [4.69, 9.17) is 0 Å². The van der Waals surface area contributed by atoms with Gasteiger partial charge < -0.3 is 24.8 Å². The SMILES string of the molecule is CC1=[C]([Zr+2]=[Si](C)C)CC(C2=CC=CC2)=C1C.[Cl-].[Cl-]. The van der Waals surface area contributed by atoms with E-state index in [-0.39, 0.29) is 52.1 Å². The fraction of sp³-hybridized carbons (Fsp3) is 0.429. The third-order valence-electron chi connectivity index (χ3n) is 3.38. The summed E-state index contributed by atoms with van der Waals surface area (Å²) in [5.41, 5.74) is 6.51. The van der Waals surface area contributed by atoms with E-state index in [1.54, 1.807) is 22.3 Å². The van der Waals surface area contributed by atoms with Gasteiger partial charge in [-0.3, -0.25) is 0 Å². The number of hydrogen-bond donors (Lipinski definition) is 0. The molecule has 0 heterocycles. The molecule has 0 spiro atoms. The molecule has 0 aromatic carbocycles. The molecular weight excluding hydrogens is 358 g/mol. The smallest absolute Gasteiger partial charge is 1.00 e. The Morgan fingerprint density at radius 3 is 2.28 bits per heavy atom. The first-order chi connectivity index (χ1) is 7.59. The minimum absolute atomic E-state index is 0. The molecule has 2 rings (SSSR count). The third-order valence-corrected chi connectivity index (χ3v) is 11.5. The predicted octanol–water partition coefficient (Wildman–Crippen LogP) is -1.79. The molecule has 0 fully saturated rings. The number of rotatable bonds is 2. The average molecular weight is 378 g/mol. The Bertz CT molecular complexity index is 478. The van der Waals surface area contributed by atoms with Gasteiger partial charge in [-0.15, -0.1) is 0 Å². The fourth-order valence-corrected chi connectivity index (χ4v) is 10.6. The van der Waals surface area contributed by atoms with Crippen molar-refractivity contribution in [1.82, 2.24) is 0 Å². The topological polar surface area (TPSA) is 0 Å². The van der Waals surface area contributed by atoms with Crippen molar-refractivity contribution in [3.8, 4) is 0 Å². The molecule has 0 unspecified atom stereocenters. The summed E-state index contributed by atoms with van der Waals surface area (Å²) in [6, 6.07) is 0. The van der Waals surface area contributed by atoms with E-state index >= 15 is 0 Å². The summed E-state index contributed by atoms with van der Waals surface area (Å²) in [5.74, 6) is 0. The monoisotopic (exact) mass is 375 g/mol. The number of allylic oxidation sites excluding steroid dienone is 8. The van der Waals surface area contributed by atoms with Crippen molar-refractivity contribution in [3.05, 3.63) is 43.8 Å². The van der Waals surface area contributed by atoms with Gasteiger partial charge in [0.2, 0.25) is 0 Å². The van der Waals surface area contributed by atoms with Crippen molar-refractivity contribution < 1.29 is 46.7 Å². The third kappa shape index (κ3) is 4.07. The molecule has 4 heteroatoms. The molecule has 0 nitrogen and oxygen atoms in total. The number of hydrogen-bond acceptors (Lipinski definition) is 0. The van der Waals surface area contributed by atoms with Gasteiger partial charge in [-0.25, -0.2) is 0 Å². The zero-order valence-corrected chi connectivity index (χ0v) is 16.4. The Morgan fingerprint density at radius 1 is 1.11 bits per heavy atom. The van der Waals surface area contributed by atoms with Gasteiger partial charge in [0.05, 0.1) is 0 Å². The minimum atomic E-state index is -0.210. The molecule has 0 saturated carbocycles. The van der Waals surface area contributed by atoms with Gasteiger partial charge in [0.1, 0.15) is 0 Å². The van der Waals surface area contributed by atoms with Gasteiger partial charge in [-0.2, -0.15) is 0 Å². The Hall–Kier alpha value is 0.640. The van der Waals surface area contributed by atoms with Gasteiger partial charge in [-0.05, 0) is 0 Å². The van der Waals surface area contributed by atoms with E-state index in [1.807, 2.05) is 3.28 Å². The van der Waals surface area contributed by atoms with Crippen LogP contribution in [0.5, 0.6) is 0 Å². The fourth-order valence-electron chi connectivity index (χ4n) is 2.36. The van der Waals surface area contributed by atoms with Crippen LogP contribution in [0.3, 0.4) is 0 Å². The molecule has 2 aliphatic rings. The van der Waals surface area contributed by atoms with Crippen LogP contribution in [0.1, 0.15) is 26.7 Å². The molecular formula is C14H19Cl2SiZr. The van der Waals surface area contributed by atoms with Crippen molar-refractivity contribution in [2.75, 3.05) is 0 Å². The zero-order chi connectivity index (χ0) is 11.7. The predicted molar refractivity (Wildman–Crippen MR) is 69.3 cm³/mol. The van der Waals surface area contributed by atoms with Crippen LogP contribution < -0.4 is 24.8 Å². The maximum atomic E-state index is 2.49. The summed E-state index contributed by atoms with van der Waals surface area (Å²) in [5, 5.41) is 0. The molecule has 97 valence electrons. The van der Waals surface area contributed by atoms with E-state index in [0.717, 1.165) is 6.42 Å². The van der Waals surface area contributed by atoms with E-state index in [9.17, 15) is 0 Å². The van der Waals surface area contributed by atoms with Crippen molar-refractivity contribution >= 4 is 5.43 Å². The second kappa shape index (κ2) is 8.04. The zero-order valence-electron chi connectivity index (χ0n) is 11.4. The van der Waals surface area contributed by atoms with Crippen LogP contribution in [0.2, 0.25) is 13.1 Å². The van der Waals surface area contributed by atoms with Crippen LogP contribution >= 0.6 is 0 Å². The number of halogens is 2. The molecule has 2 aliphatic carbocycles. The Labute approximate surface area is 135 Å². The Balaban J connectivity index is 0.00000144. The molecule has 0 saturated heterocycles. The van der Waals surface area contributed by atoms with E-state index in [2.05, 4.69) is 45.2 Å². The summed E-state index contributed by atoms with van der Waals surface area (Å²) in [7, 11) is 0. The second-order valence-corrected chi connectivity index (χ2v) is 17.8. The largest absolute Gasteiger partial charge is 1.00 e. The maximum Gasteiger partial charge on any atom is -1.00 e. The normalized spacial score (nSPS) is 17.2. The Morgan fingerprint density at radius 2 is 1.78 bits per heavy atom. The van der Waals surface area contributed by atoms with Crippen molar-refractivity contribution in [1.29, 1.82) is 0 Å². The first-order valence-corrected chi connectivity index (χ1v) is 13.3. The summed E-state index contributed by atoms with van der Waals surface area (Å²) in [4.78, 5) is 0. The van der Waals surface area contributed by atoms with Gasteiger partial charge in [0.15, 0.2) is 0 Å². The quantitative estimate of drug-likeness (QED) is 0.499.